The van der Waals surface area contributed by atoms with E-state index in [-0.39, 0.29) is 0 Å². The molecular formula is C14H18N2O8S2. The van der Waals surface area contributed by atoms with E-state index in [1.54, 1.807) is 6.07 Å². The maximum atomic E-state index is 8.74. The summed E-state index contributed by atoms with van der Waals surface area (Å²) in [6, 6.07) is 15.7. The molecule has 0 aliphatic rings. The molecule has 0 atom stereocenters. The fourth-order valence-corrected chi connectivity index (χ4v) is 1.50. The maximum absolute atomic E-state index is 8.74. The molecule has 2 aromatic rings. The van der Waals surface area contributed by atoms with Crippen molar-refractivity contribution in [3.8, 4) is 0 Å². The molecule has 0 aromatic heterocycles. The van der Waals surface area contributed by atoms with Crippen molar-refractivity contribution in [3.05, 3.63) is 59.7 Å². The lowest BCUT2D eigenvalue weighted by molar-refractivity contribution is 0.378. The Balaban J connectivity index is 0.000000520. The molecule has 0 bridgehead atoms. The number of nitrogen functional groups attached to an aromatic ring is 2. The van der Waals surface area contributed by atoms with Crippen molar-refractivity contribution in [3.63, 3.8) is 0 Å². The minimum atomic E-state index is -4.67. The van der Waals surface area contributed by atoms with Gasteiger partial charge in [0.2, 0.25) is 0 Å². The van der Waals surface area contributed by atoms with Crippen LogP contribution in [0.4, 0.5) is 11.4 Å². The van der Waals surface area contributed by atoms with Gasteiger partial charge in [0.25, 0.3) is 0 Å². The van der Waals surface area contributed by atoms with Gasteiger partial charge in [-0.05, 0) is 17.2 Å². The van der Waals surface area contributed by atoms with E-state index >= 15 is 0 Å². The monoisotopic (exact) mass is 406 g/mol. The highest BCUT2D eigenvalue weighted by atomic mass is 32.3. The van der Waals surface area contributed by atoms with Gasteiger partial charge >= 0.3 is 20.8 Å². The Labute approximate surface area is 150 Å². The molecule has 0 amide bonds. The second-order valence-corrected chi connectivity index (χ2v) is 6.28. The maximum Gasteiger partial charge on any atom is 0.394 e. The first kappa shape index (κ1) is 23.5. The molecule has 0 aliphatic heterocycles. The Morgan fingerprint density at radius 3 is 1.62 bits per heavy atom. The molecule has 26 heavy (non-hydrogen) atoms. The summed E-state index contributed by atoms with van der Waals surface area (Å²) >= 11 is 0. The summed E-state index contributed by atoms with van der Waals surface area (Å²) in [5, 5.41) is 0. The van der Waals surface area contributed by atoms with Crippen LogP contribution in [0, 0.1) is 0 Å². The zero-order chi connectivity index (χ0) is 20.4. The van der Waals surface area contributed by atoms with Gasteiger partial charge in [0.15, 0.2) is 0 Å². The molecule has 0 spiro atoms. The van der Waals surface area contributed by atoms with Crippen LogP contribution < -0.4 is 11.5 Å². The fourth-order valence-electron chi connectivity index (χ4n) is 1.50. The van der Waals surface area contributed by atoms with Gasteiger partial charge in [0, 0.05) is 0 Å². The van der Waals surface area contributed by atoms with Crippen molar-refractivity contribution in [1.29, 1.82) is 0 Å². The number of benzene rings is 2. The SMILES string of the molecule is Nc1cccc(C=Cc2ccccc2)c1N.O=S(=O)(O)O.O=S(=O)(O)O. The van der Waals surface area contributed by atoms with Crippen LogP contribution in [0.3, 0.4) is 0 Å². The average molecular weight is 406 g/mol. The van der Waals surface area contributed by atoms with Crippen molar-refractivity contribution in [2.24, 2.45) is 0 Å². The van der Waals surface area contributed by atoms with E-state index in [0.717, 1.165) is 11.1 Å². The van der Waals surface area contributed by atoms with Crippen LogP contribution >= 0.6 is 0 Å². The number of para-hydroxylation sites is 1. The molecule has 0 saturated heterocycles. The van der Waals surface area contributed by atoms with Gasteiger partial charge in [-0.1, -0.05) is 54.6 Å². The summed E-state index contributed by atoms with van der Waals surface area (Å²) in [4.78, 5) is 0. The van der Waals surface area contributed by atoms with Crippen molar-refractivity contribution >= 4 is 44.3 Å². The number of hydrogen-bond acceptors (Lipinski definition) is 6. The van der Waals surface area contributed by atoms with Crippen LogP contribution in [0.1, 0.15) is 11.1 Å². The summed E-state index contributed by atoms with van der Waals surface area (Å²) < 4.78 is 63.2. The van der Waals surface area contributed by atoms with E-state index in [0.29, 0.717) is 11.4 Å². The fraction of sp³-hybridized carbons (Fsp3) is 0. The third kappa shape index (κ3) is 15.1. The van der Waals surface area contributed by atoms with Gasteiger partial charge in [-0.3, -0.25) is 18.2 Å². The second kappa shape index (κ2) is 10.5. The number of anilines is 2. The van der Waals surface area contributed by atoms with Crippen molar-refractivity contribution in [2.75, 3.05) is 11.5 Å². The minimum Gasteiger partial charge on any atom is -0.397 e. The summed E-state index contributed by atoms with van der Waals surface area (Å²) in [6.07, 6.45) is 3.99. The van der Waals surface area contributed by atoms with E-state index < -0.39 is 20.8 Å². The topological polar surface area (TPSA) is 201 Å². The predicted octanol–water partition coefficient (Wildman–Crippen LogP) is 1.72. The summed E-state index contributed by atoms with van der Waals surface area (Å²) in [5.41, 5.74) is 14.9. The number of rotatable bonds is 2. The standard InChI is InChI=1S/C14H14N2.2H2O4S/c15-13-8-4-7-12(14(13)16)10-9-11-5-2-1-3-6-11;2*1-5(2,3)4/h1-10H,15-16H2;2*(H2,1,2,3,4). The highest BCUT2D eigenvalue weighted by Crippen LogP contribution is 2.21. The Hall–Kier alpha value is -2.48. The van der Waals surface area contributed by atoms with Gasteiger partial charge in [0.1, 0.15) is 0 Å². The third-order valence-electron chi connectivity index (χ3n) is 2.43. The molecular weight excluding hydrogens is 388 g/mol. The first-order valence-corrected chi connectivity index (χ1v) is 9.33. The van der Waals surface area contributed by atoms with Crippen molar-refractivity contribution in [2.45, 2.75) is 0 Å². The van der Waals surface area contributed by atoms with Crippen molar-refractivity contribution in [1.82, 2.24) is 0 Å². The molecule has 12 heteroatoms. The van der Waals surface area contributed by atoms with Crippen LogP contribution in [0.15, 0.2) is 48.5 Å². The molecule has 0 radical (unpaired) electrons. The third-order valence-corrected chi connectivity index (χ3v) is 2.43. The normalized spacial score (nSPS) is 11.1. The first-order valence-electron chi connectivity index (χ1n) is 6.54. The average Bonchev–Trinajstić information content (AvgIpc) is 2.46. The zero-order valence-electron chi connectivity index (χ0n) is 13.2. The molecule has 2 rings (SSSR count). The molecule has 144 valence electrons. The van der Waals surface area contributed by atoms with E-state index in [1.165, 1.54) is 0 Å². The second-order valence-electron chi connectivity index (χ2n) is 4.49. The van der Waals surface area contributed by atoms with Gasteiger partial charge in [-0.25, -0.2) is 0 Å². The van der Waals surface area contributed by atoms with E-state index in [1.807, 2.05) is 54.6 Å². The first-order chi connectivity index (χ1) is 11.8. The smallest absolute Gasteiger partial charge is 0.394 e. The molecule has 2 aromatic carbocycles. The molecule has 8 N–H and O–H groups in total. The van der Waals surface area contributed by atoms with E-state index in [2.05, 4.69) is 0 Å². The molecule has 0 heterocycles. The van der Waals surface area contributed by atoms with Gasteiger partial charge in [0.05, 0.1) is 11.4 Å². The Morgan fingerprint density at radius 1 is 0.692 bits per heavy atom. The molecule has 0 fully saturated rings. The lowest BCUT2D eigenvalue weighted by Crippen LogP contribution is -1.96. The number of nitrogens with two attached hydrogens (primary N) is 2. The summed E-state index contributed by atoms with van der Waals surface area (Å²) in [5.74, 6) is 0. The Bertz CT molecular complexity index is 881. The molecule has 0 unspecified atom stereocenters. The lowest BCUT2D eigenvalue weighted by Gasteiger charge is -2.03. The van der Waals surface area contributed by atoms with Crippen LogP contribution in [0.25, 0.3) is 12.2 Å². The van der Waals surface area contributed by atoms with Gasteiger partial charge in [-0.2, -0.15) is 16.8 Å². The highest BCUT2D eigenvalue weighted by Gasteiger charge is 1.97. The largest absolute Gasteiger partial charge is 0.397 e. The van der Waals surface area contributed by atoms with Crippen LogP contribution in [0.5, 0.6) is 0 Å². The van der Waals surface area contributed by atoms with Gasteiger partial charge < -0.3 is 11.5 Å². The summed E-state index contributed by atoms with van der Waals surface area (Å²) in [6.45, 7) is 0. The lowest BCUT2D eigenvalue weighted by atomic mass is 10.1. The molecule has 10 nitrogen and oxygen atoms in total. The molecule has 0 aliphatic carbocycles. The van der Waals surface area contributed by atoms with Crippen LogP contribution in [0.2, 0.25) is 0 Å². The number of hydrogen-bond donors (Lipinski definition) is 6. The van der Waals surface area contributed by atoms with E-state index in [4.69, 9.17) is 46.5 Å². The van der Waals surface area contributed by atoms with E-state index in [9.17, 15) is 0 Å². The van der Waals surface area contributed by atoms with Crippen LogP contribution in [-0.4, -0.2) is 35.0 Å². The predicted molar refractivity (Wildman–Crippen MR) is 99.0 cm³/mol. The summed E-state index contributed by atoms with van der Waals surface area (Å²) in [7, 11) is -9.33. The Morgan fingerprint density at radius 2 is 1.15 bits per heavy atom. The zero-order valence-corrected chi connectivity index (χ0v) is 14.8. The Kier molecular flexibility index (Phi) is 9.50. The minimum absolute atomic E-state index is 0.621. The van der Waals surface area contributed by atoms with Crippen LogP contribution in [-0.2, 0) is 20.8 Å². The molecule has 0 saturated carbocycles. The van der Waals surface area contributed by atoms with Crippen molar-refractivity contribution < 1.29 is 35.0 Å². The van der Waals surface area contributed by atoms with Gasteiger partial charge in [-0.15, -0.1) is 0 Å². The quantitative estimate of drug-likeness (QED) is 0.242. The highest BCUT2D eigenvalue weighted by molar-refractivity contribution is 7.80.